The molecule has 3 heterocycles. The number of nitrogens with zero attached hydrogens (tertiary/aromatic N) is 4. The molecule has 0 radical (unpaired) electrons. The molecule has 0 bridgehead atoms. The number of alkyl halides is 6. The molecule has 0 unspecified atom stereocenters. The standard InChI is InChI=1S/C20H13F6N5O4/c21-19(22,23)11-4-12(20(24,25)26)6-13(5-11)31-18(33)30(9-29-31)8-14(16(27)32)10-3-15-17(28-7-10)35-2-1-34-15/h3-9H,1-2H2,(H2,27,32)/b14-8+. The molecule has 2 aromatic heterocycles. The maximum absolute atomic E-state index is 13.2. The largest absolute Gasteiger partial charge is 0.484 e. The fraction of sp³-hybridized carbons (Fsp3) is 0.200. The minimum Gasteiger partial charge on any atom is -0.484 e. The van der Waals surface area contributed by atoms with Crippen molar-refractivity contribution in [3.63, 3.8) is 0 Å². The third kappa shape index (κ3) is 4.83. The van der Waals surface area contributed by atoms with Gasteiger partial charge in [-0.25, -0.2) is 9.78 Å². The van der Waals surface area contributed by atoms with Gasteiger partial charge in [-0.2, -0.15) is 36.1 Å². The van der Waals surface area contributed by atoms with E-state index in [4.69, 9.17) is 15.2 Å². The molecule has 35 heavy (non-hydrogen) atoms. The van der Waals surface area contributed by atoms with Gasteiger partial charge < -0.3 is 15.2 Å². The molecule has 184 valence electrons. The molecule has 15 heteroatoms. The number of ether oxygens (including phenoxy) is 2. The van der Waals surface area contributed by atoms with Crippen LogP contribution in [0.15, 0.2) is 41.6 Å². The van der Waals surface area contributed by atoms with Crippen LogP contribution in [-0.4, -0.2) is 38.5 Å². The second kappa shape index (κ2) is 8.48. The summed E-state index contributed by atoms with van der Waals surface area (Å²) in [5.41, 5.74) is 0.0377. The number of rotatable bonds is 4. The number of carbonyl (C=O) groups is 1. The molecule has 1 aliphatic rings. The van der Waals surface area contributed by atoms with Gasteiger partial charge in [-0.05, 0) is 24.3 Å². The Bertz CT molecular complexity index is 1360. The number of fused-ring (bicyclic) bond motifs is 1. The quantitative estimate of drug-likeness (QED) is 0.435. The monoisotopic (exact) mass is 501 g/mol. The van der Waals surface area contributed by atoms with Crippen LogP contribution in [-0.2, 0) is 17.1 Å². The van der Waals surface area contributed by atoms with E-state index in [0.29, 0.717) is 21.4 Å². The maximum Gasteiger partial charge on any atom is 0.416 e. The van der Waals surface area contributed by atoms with E-state index in [1.165, 1.54) is 12.3 Å². The van der Waals surface area contributed by atoms with Gasteiger partial charge in [0.25, 0.3) is 11.8 Å². The van der Waals surface area contributed by atoms with Crippen molar-refractivity contribution in [1.29, 1.82) is 0 Å². The van der Waals surface area contributed by atoms with Crippen molar-refractivity contribution in [2.24, 2.45) is 5.73 Å². The van der Waals surface area contributed by atoms with Gasteiger partial charge in [0.05, 0.1) is 22.4 Å². The summed E-state index contributed by atoms with van der Waals surface area (Å²) in [5.74, 6) is -0.645. The third-order valence-electron chi connectivity index (χ3n) is 4.75. The van der Waals surface area contributed by atoms with Crippen molar-refractivity contribution in [3.8, 4) is 17.3 Å². The number of pyridine rings is 1. The molecule has 4 rings (SSSR count). The Morgan fingerprint density at radius 1 is 1.00 bits per heavy atom. The predicted molar refractivity (Wildman–Crippen MR) is 106 cm³/mol. The van der Waals surface area contributed by atoms with Gasteiger partial charge in [0.15, 0.2) is 5.75 Å². The number of primary amides is 1. The number of nitrogens with two attached hydrogens (primary N) is 1. The van der Waals surface area contributed by atoms with Crippen LogP contribution < -0.4 is 20.9 Å². The Balaban J connectivity index is 1.80. The number of halogens is 6. The first-order valence-corrected chi connectivity index (χ1v) is 9.58. The molecular formula is C20H13F6N5O4. The highest BCUT2D eigenvalue weighted by Crippen LogP contribution is 2.37. The van der Waals surface area contributed by atoms with Crippen LogP contribution in [0.2, 0.25) is 0 Å². The lowest BCUT2D eigenvalue weighted by atomic mass is 10.1. The summed E-state index contributed by atoms with van der Waals surface area (Å²) in [4.78, 5) is 28.8. The molecule has 1 aromatic carbocycles. The van der Waals surface area contributed by atoms with Crippen LogP contribution in [0.1, 0.15) is 16.7 Å². The van der Waals surface area contributed by atoms with Crippen molar-refractivity contribution >= 4 is 17.7 Å². The Kier molecular flexibility index (Phi) is 5.78. The van der Waals surface area contributed by atoms with Crippen LogP contribution in [0.25, 0.3) is 17.5 Å². The summed E-state index contributed by atoms with van der Waals surface area (Å²) >= 11 is 0. The lowest BCUT2D eigenvalue weighted by Crippen LogP contribution is -2.23. The van der Waals surface area contributed by atoms with E-state index in [1.54, 1.807) is 0 Å². The Morgan fingerprint density at radius 2 is 1.63 bits per heavy atom. The first-order chi connectivity index (χ1) is 16.3. The van der Waals surface area contributed by atoms with E-state index in [2.05, 4.69) is 10.1 Å². The van der Waals surface area contributed by atoms with E-state index >= 15 is 0 Å². The number of carbonyl (C=O) groups excluding carboxylic acids is 1. The Morgan fingerprint density at radius 3 is 2.23 bits per heavy atom. The average molecular weight is 501 g/mol. The first kappa shape index (κ1) is 23.8. The van der Waals surface area contributed by atoms with Gasteiger partial charge in [-0.1, -0.05) is 0 Å². The summed E-state index contributed by atoms with van der Waals surface area (Å²) < 4.78 is 90.6. The highest BCUT2D eigenvalue weighted by molar-refractivity contribution is 6.22. The maximum atomic E-state index is 13.2. The van der Waals surface area contributed by atoms with Gasteiger partial charge in [0.1, 0.15) is 19.5 Å². The molecule has 9 nitrogen and oxygen atoms in total. The van der Waals surface area contributed by atoms with Gasteiger partial charge in [-0.15, -0.1) is 0 Å². The molecular weight excluding hydrogens is 488 g/mol. The van der Waals surface area contributed by atoms with Crippen molar-refractivity contribution in [1.82, 2.24) is 19.3 Å². The lowest BCUT2D eigenvalue weighted by molar-refractivity contribution is -0.143. The zero-order valence-electron chi connectivity index (χ0n) is 17.2. The van der Waals surface area contributed by atoms with Gasteiger partial charge in [-0.3, -0.25) is 9.36 Å². The molecule has 0 atom stereocenters. The van der Waals surface area contributed by atoms with Crippen molar-refractivity contribution in [2.75, 3.05) is 13.2 Å². The molecule has 0 aliphatic carbocycles. The molecule has 0 saturated carbocycles. The molecule has 1 amide bonds. The van der Waals surface area contributed by atoms with Crippen LogP contribution in [0.5, 0.6) is 11.6 Å². The summed E-state index contributed by atoms with van der Waals surface area (Å²) in [6.45, 7) is 0.481. The zero-order valence-corrected chi connectivity index (χ0v) is 17.2. The summed E-state index contributed by atoms with van der Waals surface area (Å²) in [6, 6.07) is 1.98. The minimum absolute atomic E-state index is 0.0779. The van der Waals surface area contributed by atoms with Crippen LogP contribution in [0.3, 0.4) is 0 Å². The molecule has 2 N–H and O–H groups in total. The normalized spacial score (nSPS) is 14.2. The SMILES string of the molecule is NC(=O)/C(=C/n1cnn(-c2cc(C(F)(F)F)cc(C(F)(F)F)c2)c1=O)c1cnc2c(c1)OCCO2. The van der Waals surface area contributed by atoms with E-state index in [9.17, 15) is 35.9 Å². The van der Waals surface area contributed by atoms with E-state index in [-0.39, 0.29) is 42.0 Å². The van der Waals surface area contributed by atoms with Crippen LogP contribution in [0, 0.1) is 0 Å². The molecule has 0 saturated heterocycles. The zero-order chi connectivity index (χ0) is 25.5. The van der Waals surface area contributed by atoms with E-state index in [1.807, 2.05) is 0 Å². The van der Waals surface area contributed by atoms with Crippen molar-refractivity contribution in [2.45, 2.75) is 12.4 Å². The highest BCUT2D eigenvalue weighted by atomic mass is 19.4. The fourth-order valence-electron chi connectivity index (χ4n) is 3.14. The summed E-state index contributed by atoms with van der Waals surface area (Å²) in [7, 11) is 0. The Labute approximate surface area is 191 Å². The average Bonchev–Trinajstić information content (AvgIpc) is 3.15. The molecule has 3 aromatic rings. The first-order valence-electron chi connectivity index (χ1n) is 9.58. The number of hydrogen-bond acceptors (Lipinski definition) is 6. The third-order valence-corrected chi connectivity index (χ3v) is 4.75. The lowest BCUT2D eigenvalue weighted by Gasteiger charge is -2.17. The number of benzene rings is 1. The highest BCUT2D eigenvalue weighted by Gasteiger charge is 2.37. The van der Waals surface area contributed by atoms with Gasteiger partial charge in [0.2, 0.25) is 0 Å². The van der Waals surface area contributed by atoms with E-state index < -0.39 is 40.8 Å². The smallest absolute Gasteiger partial charge is 0.416 e. The second-order valence-corrected chi connectivity index (χ2v) is 7.13. The number of aromatic nitrogens is 4. The molecule has 0 fully saturated rings. The predicted octanol–water partition coefficient (Wildman–Crippen LogP) is 2.72. The fourth-order valence-corrected chi connectivity index (χ4v) is 3.14. The van der Waals surface area contributed by atoms with Crippen LogP contribution >= 0.6 is 0 Å². The summed E-state index contributed by atoms with van der Waals surface area (Å²) in [6.07, 6.45) is -7.31. The van der Waals surface area contributed by atoms with Crippen LogP contribution in [0.4, 0.5) is 26.3 Å². The number of amides is 1. The van der Waals surface area contributed by atoms with Crippen molar-refractivity contribution < 1.29 is 40.6 Å². The second-order valence-electron chi connectivity index (χ2n) is 7.13. The summed E-state index contributed by atoms with van der Waals surface area (Å²) in [5, 5.41) is 3.58. The molecule has 0 spiro atoms. The topological polar surface area (TPSA) is 114 Å². The minimum atomic E-state index is -5.12. The number of hydrogen-bond donors (Lipinski definition) is 1. The van der Waals surface area contributed by atoms with Gasteiger partial charge >= 0.3 is 18.0 Å². The van der Waals surface area contributed by atoms with E-state index in [0.717, 1.165) is 12.5 Å². The van der Waals surface area contributed by atoms with Gasteiger partial charge in [0, 0.05) is 18.0 Å². The Hall–Kier alpha value is -4.30. The molecule has 1 aliphatic heterocycles. The van der Waals surface area contributed by atoms with Crippen molar-refractivity contribution in [3.05, 3.63) is 64.0 Å².